The van der Waals surface area contributed by atoms with Crippen LogP contribution in [0.4, 0.5) is 16.5 Å². The van der Waals surface area contributed by atoms with E-state index in [0.29, 0.717) is 23.7 Å². The zero-order valence-corrected chi connectivity index (χ0v) is 11.8. The van der Waals surface area contributed by atoms with E-state index in [1.54, 1.807) is 0 Å². The van der Waals surface area contributed by atoms with Crippen LogP contribution in [0.1, 0.15) is 22.4 Å². The molecule has 2 aromatic heterocycles. The van der Waals surface area contributed by atoms with Crippen LogP contribution >= 0.6 is 22.9 Å². The Bertz CT molecular complexity index is 671. The largest absolute Gasteiger partial charge is 0.316 e. The van der Waals surface area contributed by atoms with Crippen molar-refractivity contribution in [3.8, 4) is 0 Å². The lowest BCUT2D eigenvalue weighted by Crippen LogP contribution is -2.17. The van der Waals surface area contributed by atoms with Gasteiger partial charge in [-0.05, 0) is 25.4 Å². The van der Waals surface area contributed by atoms with E-state index in [1.807, 2.05) is 18.7 Å². The molecular weight excluding hydrogens is 286 g/mol. The molecule has 0 aromatic carbocycles. The van der Waals surface area contributed by atoms with E-state index < -0.39 is 0 Å². The van der Waals surface area contributed by atoms with Gasteiger partial charge in [-0.1, -0.05) is 0 Å². The molecular formula is C11H10ClN5OS. The van der Waals surface area contributed by atoms with Crippen molar-refractivity contribution >= 4 is 45.4 Å². The summed E-state index contributed by atoms with van der Waals surface area (Å²) in [5, 5.41) is 4.53. The van der Waals surface area contributed by atoms with Crippen LogP contribution < -0.4 is 10.2 Å². The Morgan fingerprint density at radius 2 is 2.26 bits per heavy atom. The average molecular weight is 296 g/mol. The number of hydrogen-bond acceptors (Lipinski definition) is 6. The fourth-order valence-electron chi connectivity index (χ4n) is 1.96. The predicted molar refractivity (Wildman–Crippen MR) is 74.5 cm³/mol. The first-order chi connectivity index (χ1) is 9.10. The summed E-state index contributed by atoms with van der Waals surface area (Å²) in [4.78, 5) is 26.5. The van der Waals surface area contributed by atoms with Crippen molar-refractivity contribution < 1.29 is 4.79 Å². The summed E-state index contributed by atoms with van der Waals surface area (Å²) in [6.45, 7) is 4.51. The Morgan fingerprint density at radius 1 is 1.47 bits per heavy atom. The van der Waals surface area contributed by atoms with Crippen LogP contribution in [-0.2, 0) is 0 Å². The van der Waals surface area contributed by atoms with Gasteiger partial charge < -0.3 is 10.2 Å². The van der Waals surface area contributed by atoms with Gasteiger partial charge in [-0.15, -0.1) is 11.3 Å². The number of nitrogens with one attached hydrogen (secondary N) is 1. The van der Waals surface area contributed by atoms with Gasteiger partial charge in [-0.2, -0.15) is 4.98 Å². The molecule has 1 aliphatic rings. The molecule has 0 spiro atoms. The van der Waals surface area contributed by atoms with Crippen LogP contribution in [-0.4, -0.2) is 27.4 Å². The molecule has 0 unspecified atom stereocenters. The topological polar surface area (TPSA) is 71.0 Å². The van der Waals surface area contributed by atoms with Gasteiger partial charge in [0.1, 0.15) is 10.7 Å². The Morgan fingerprint density at radius 3 is 3.00 bits per heavy atom. The molecule has 19 heavy (non-hydrogen) atoms. The van der Waals surface area contributed by atoms with Gasteiger partial charge in [0.15, 0.2) is 11.5 Å². The minimum atomic E-state index is -0.248. The van der Waals surface area contributed by atoms with E-state index in [4.69, 9.17) is 11.6 Å². The summed E-state index contributed by atoms with van der Waals surface area (Å²) in [6, 6.07) is 0. The van der Waals surface area contributed by atoms with Gasteiger partial charge in [0.2, 0.25) is 5.28 Å². The van der Waals surface area contributed by atoms with Crippen LogP contribution in [0.3, 0.4) is 0 Å². The highest BCUT2D eigenvalue weighted by atomic mass is 35.5. The Balaban J connectivity index is 2.26. The first-order valence-corrected chi connectivity index (χ1v) is 6.88. The third-order valence-electron chi connectivity index (χ3n) is 2.74. The van der Waals surface area contributed by atoms with Crippen molar-refractivity contribution in [3.63, 3.8) is 0 Å². The number of anilines is 3. The summed E-state index contributed by atoms with van der Waals surface area (Å²) in [6.07, 6.45) is 1.51. The first kappa shape index (κ1) is 12.3. The summed E-state index contributed by atoms with van der Waals surface area (Å²) in [7, 11) is 0. The van der Waals surface area contributed by atoms with Gasteiger partial charge in [-0.25, -0.2) is 9.97 Å². The average Bonchev–Trinajstić information content (AvgIpc) is 2.71. The fraction of sp³-hybridized carbons (Fsp3) is 0.273. The molecule has 8 heteroatoms. The maximum Gasteiger partial charge on any atom is 0.277 e. The summed E-state index contributed by atoms with van der Waals surface area (Å²) < 4.78 is 0. The number of rotatable bonds is 1. The molecule has 0 radical (unpaired) electrons. The molecule has 0 saturated carbocycles. The number of aromatic nitrogens is 3. The number of thiazole rings is 1. The Kier molecular flexibility index (Phi) is 2.87. The van der Waals surface area contributed by atoms with Gasteiger partial charge in [-0.3, -0.25) is 4.79 Å². The highest BCUT2D eigenvalue weighted by molar-refractivity contribution is 7.16. The zero-order valence-electron chi connectivity index (χ0n) is 10.3. The number of nitrogens with zero attached hydrogens (tertiary/aromatic N) is 4. The predicted octanol–water partition coefficient (Wildman–Crippen LogP) is 2.62. The molecule has 3 rings (SSSR count). The van der Waals surface area contributed by atoms with Crippen LogP contribution in [0.15, 0.2) is 6.20 Å². The number of halogens is 1. The van der Waals surface area contributed by atoms with Crippen molar-refractivity contribution in [3.05, 3.63) is 22.2 Å². The molecule has 0 fully saturated rings. The molecule has 6 nitrogen and oxygen atoms in total. The van der Waals surface area contributed by atoms with Crippen LogP contribution in [0, 0.1) is 6.92 Å². The van der Waals surface area contributed by atoms with E-state index in [2.05, 4.69) is 20.3 Å². The van der Waals surface area contributed by atoms with Gasteiger partial charge >= 0.3 is 0 Å². The second-order valence-corrected chi connectivity index (χ2v) is 5.48. The third-order valence-corrected chi connectivity index (χ3v) is 3.91. The minimum absolute atomic E-state index is 0.149. The standard InChI is InChI=1S/C11H10ClN5OS/c1-3-17-8-6(4-13-11(12)16-8)15-9(18)7-10(17)19-5(2)14-7/h4H,3H2,1-2H3,(H,15,18). The second-order valence-electron chi connectivity index (χ2n) is 3.96. The molecule has 2 aromatic rings. The minimum Gasteiger partial charge on any atom is -0.316 e. The summed E-state index contributed by atoms with van der Waals surface area (Å²) >= 11 is 7.31. The molecule has 98 valence electrons. The third kappa shape index (κ3) is 1.95. The molecule has 0 bridgehead atoms. The molecule has 0 aliphatic carbocycles. The van der Waals surface area contributed by atoms with E-state index in [0.717, 1.165) is 10.0 Å². The maximum atomic E-state index is 12.1. The van der Waals surface area contributed by atoms with E-state index in [-0.39, 0.29) is 11.2 Å². The number of hydrogen-bond donors (Lipinski definition) is 1. The molecule has 1 N–H and O–H groups in total. The zero-order chi connectivity index (χ0) is 13.6. The van der Waals surface area contributed by atoms with Crippen LogP contribution in [0.5, 0.6) is 0 Å². The molecule has 3 heterocycles. The Labute approximate surface area is 118 Å². The van der Waals surface area contributed by atoms with Gasteiger partial charge in [0.25, 0.3) is 5.91 Å². The number of fused-ring (bicyclic) bond motifs is 2. The Hall–Kier alpha value is -1.73. The first-order valence-electron chi connectivity index (χ1n) is 5.69. The highest BCUT2D eigenvalue weighted by Gasteiger charge is 2.29. The number of aryl methyl sites for hydroxylation is 1. The van der Waals surface area contributed by atoms with Crippen LogP contribution in [0.2, 0.25) is 5.28 Å². The van der Waals surface area contributed by atoms with Crippen molar-refractivity contribution in [2.24, 2.45) is 0 Å². The maximum absolute atomic E-state index is 12.1. The lowest BCUT2D eigenvalue weighted by atomic mass is 10.4. The van der Waals surface area contributed by atoms with E-state index >= 15 is 0 Å². The van der Waals surface area contributed by atoms with E-state index in [9.17, 15) is 4.79 Å². The summed E-state index contributed by atoms with van der Waals surface area (Å²) in [5.41, 5.74) is 0.956. The number of amides is 1. The molecule has 0 atom stereocenters. The van der Waals surface area contributed by atoms with Crippen LogP contribution in [0.25, 0.3) is 0 Å². The SMILES string of the molecule is CCN1c2nc(Cl)ncc2NC(=O)c2nc(C)sc21. The normalized spacial score (nSPS) is 13.6. The molecule has 1 amide bonds. The van der Waals surface area contributed by atoms with Gasteiger partial charge in [0, 0.05) is 6.54 Å². The van der Waals surface area contributed by atoms with Crippen molar-refractivity contribution in [1.29, 1.82) is 0 Å². The fourth-order valence-corrected chi connectivity index (χ4v) is 3.07. The van der Waals surface area contributed by atoms with Crippen molar-refractivity contribution in [2.45, 2.75) is 13.8 Å². The smallest absolute Gasteiger partial charge is 0.277 e. The highest BCUT2D eigenvalue weighted by Crippen LogP contribution is 2.39. The quantitative estimate of drug-likeness (QED) is 0.819. The van der Waals surface area contributed by atoms with Crippen molar-refractivity contribution in [2.75, 3.05) is 16.8 Å². The lowest BCUT2D eigenvalue weighted by molar-refractivity contribution is 0.102. The monoisotopic (exact) mass is 295 g/mol. The molecule has 0 saturated heterocycles. The summed E-state index contributed by atoms with van der Waals surface area (Å²) in [5.74, 6) is 0.348. The van der Waals surface area contributed by atoms with E-state index in [1.165, 1.54) is 17.5 Å². The lowest BCUT2D eigenvalue weighted by Gasteiger charge is -2.20. The second kappa shape index (κ2) is 4.43. The molecule has 1 aliphatic heterocycles. The number of carbonyl (C=O) groups is 1. The number of carbonyl (C=O) groups excluding carboxylic acids is 1. The van der Waals surface area contributed by atoms with Crippen molar-refractivity contribution in [1.82, 2.24) is 15.0 Å². The van der Waals surface area contributed by atoms with Gasteiger partial charge in [0.05, 0.1) is 11.2 Å².